The zero-order chi connectivity index (χ0) is 49.6. The normalized spacial score (nSPS) is 26.5. The summed E-state index contributed by atoms with van der Waals surface area (Å²) in [5.41, 5.74) is 0. The summed E-state index contributed by atoms with van der Waals surface area (Å²) in [4.78, 5) is 13.2. The molecule has 1 amide bonds. The summed E-state index contributed by atoms with van der Waals surface area (Å²) in [6.07, 6.45) is 29.1. The van der Waals surface area contributed by atoms with Crippen LogP contribution in [0.1, 0.15) is 219 Å². The lowest BCUT2D eigenvalue weighted by atomic mass is 9.97. The maximum absolute atomic E-state index is 13.2. The van der Waals surface area contributed by atoms with Gasteiger partial charge in [-0.05, 0) is 44.9 Å². The van der Waals surface area contributed by atoms with Crippen molar-refractivity contribution in [1.29, 1.82) is 0 Å². The van der Waals surface area contributed by atoms with Gasteiger partial charge in [-0.3, -0.25) is 4.79 Å². The number of amides is 1. The fraction of sp³-hybridized carbons (Fsp3) is 0.907. The van der Waals surface area contributed by atoms with Crippen molar-refractivity contribution >= 4 is 5.91 Å². The average molecular weight is 972 g/mol. The van der Waals surface area contributed by atoms with E-state index >= 15 is 0 Å². The van der Waals surface area contributed by atoms with Crippen LogP contribution in [0.2, 0.25) is 0 Å². The predicted molar refractivity (Wildman–Crippen MR) is 268 cm³/mol. The second-order valence-electron chi connectivity index (χ2n) is 19.7. The van der Waals surface area contributed by atoms with Crippen LogP contribution in [0.4, 0.5) is 0 Å². The molecule has 68 heavy (non-hydrogen) atoms. The van der Waals surface area contributed by atoms with Crippen LogP contribution >= 0.6 is 0 Å². The molecule has 12 atom stereocenters. The Kier molecular flexibility index (Phi) is 37.7. The van der Waals surface area contributed by atoms with Crippen LogP contribution < -0.4 is 5.32 Å². The van der Waals surface area contributed by atoms with Gasteiger partial charge in [0.1, 0.15) is 48.8 Å². The Labute approximate surface area is 411 Å². The van der Waals surface area contributed by atoms with Gasteiger partial charge >= 0.3 is 0 Å². The van der Waals surface area contributed by atoms with E-state index in [1.807, 2.05) is 0 Å². The number of unbranched alkanes of at least 4 members (excludes halogenated alkanes) is 26. The minimum atomic E-state index is -1.78. The molecule has 0 aromatic rings. The van der Waals surface area contributed by atoms with E-state index in [2.05, 4.69) is 43.5 Å². The number of rotatable bonds is 43. The van der Waals surface area contributed by atoms with Crippen LogP contribution in [-0.2, 0) is 23.7 Å². The molecule has 14 nitrogen and oxygen atoms in total. The minimum absolute atomic E-state index is 0.209. The summed E-state index contributed by atoms with van der Waals surface area (Å²) in [6.45, 7) is 2.82. The predicted octanol–water partition coefficient (Wildman–Crippen LogP) is 8.11. The summed E-state index contributed by atoms with van der Waals surface area (Å²) >= 11 is 0. The highest BCUT2D eigenvalue weighted by Crippen LogP contribution is 2.30. The van der Waals surface area contributed by atoms with Crippen molar-refractivity contribution in [3.05, 3.63) is 24.3 Å². The van der Waals surface area contributed by atoms with Crippen molar-refractivity contribution in [2.75, 3.05) is 19.8 Å². The molecular weight excluding hydrogens is 871 g/mol. The van der Waals surface area contributed by atoms with E-state index in [1.165, 1.54) is 135 Å². The number of carbonyl (C=O) groups excluding carboxylic acids is 1. The lowest BCUT2D eigenvalue weighted by Crippen LogP contribution is -2.65. The van der Waals surface area contributed by atoms with Gasteiger partial charge in [0.2, 0.25) is 5.91 Å². The van der Waals surface area contributed by atoms with Crippen LogP contribution in [0.3, 0.4) is 0 Å². The molecule has 2 rings (SSSR count). The van der Waals surface area contributed by atoms with E-state index in [-0.39, 0.29) is 12.5 Å². The largest absolute Gasteiger partial charge is 0.394 e. The molecule has 12 unspecified atom stereocenters. The summed E-state index contributed by atoms with van der Waals surface area (Å²) in [6, 6.07) is -0.825. The second kappa shape index (κ2) is 41.0. The van der Waals surface area contributed by atoms with Gasteiger partial charge in [0.25, 0.3) is 0 Å². The highest BCUT2D eigenvalue weighted by atomic mass is 16.7. The lowest BCUT2D eigenvalue weighted by Gasteiger charge is -2.46. The van der Waals surface area contributed by atoms with Gasteiger partial charge in [-0.15, -0.1) is 0 Å². The van der Waals surface area contributed by atoms with Crippen molar-refractivity contribution in [1.82, 2.24) is 5.32 Å². The van der Waals surface area contributed by atoms with E-state index in [0.29, 0.717) is 12.8 Å². The molecular formula is C54H101NO13. The van der Waals surface area contributed by atoms with Gasteiger partial charge in [0.15, 0.2) is 12.6 Å². The maximum Gasteiger partial charge on any atom is 0.220 e. The highest BCUT2D eigenvalue weighted by molar-refractivity contribution is 5.76. The Morgan fingerprint density at radius 1 is 0.529 bits per heavy atom. The molecule has 0 saturated carbocycles. The molecule has 2 aliphatic rings. The number of hydrogen-bond acceptors (Lipinski definition) is 13. The Hall–Kier alpha value is -1.53. The number of nitrogens with one attached hydrogen (secondary N) is 1. The molecule has 2 aliphatic heterocycles. The van der Waals surface area contributed by atoms with Crippen molar-refractivity contribution in [2.45, 2.75) is 293 Å². The molecule has 0 bridgehead atoms. The van der Waals surface area contributed by atoms with Crippen LogP contribution in [0, 0.1) is 0 Å². The van der Waals surface area contributed by atoms with E-state index in [4.69, 9.17) is 18.9 Å². The van der Waals surface area contributed by atoms with Gasteiger partial charge in [-0.25, -0.2) is 0 Å². The number of hydrogen-bond donors (Lipinski definition) is 9. The van der Waals surface area contributed by atoms with E-state index in [1.54, 1.807) is 0 Å². The van der Waals surface area contributed by atoms with Crippen molar-refractivity contribution < 1.29 is 64.6 Å². The Morgan fingerprint density at radius 3 is 1.47 bits per heavy atom. The van der Waals surface area contributed by atoms with E-state index in [9.17, 15) is 45.6 Å². The van der Waals surface area contributed by atoms with Crippen molar-refractivity contribution in [3.63, 3.8) is 0 Å². The second-order valence-corrected chi connectivity index (χ2v) is 19.7. The quantitative estimate of drug-likeness (QED) is 0.0208. The Balaban J connectivity index is 1.69. The SMILES string of the molecule is CCCCCCC/C=C\C/C=C\CCCCCCCCCCCCCCCC(=O)NC(COC1OC(CO)C(OC2OC(CO)C(O)C(O)C2O)C(O)C1O)C(O)CCCCCCCCCCC. The summed E-state index contributed by atoms with van der Waals surface area (Å²) in [5, 5.41) is 86.8. The zero-order valence-electron chi connectivity index (χ0n) is 42.6. The molecule has 0 aromatic carbocycles. The molecule has 9 N–H and O–H groups in total. The molecule has 0 aliphatic carbocycles. The molecule has 2 fully saturated rings. The van der Waals surface area contributed by atoms with Gasteiger partial charge in [0, 0.05) is 6.42 Å². The first-order chi connectivity index (χ1) is 33.1. The highest BCUT2D eigenvalue weighted by Gasteiger charge is 2.51. The third kappa shape index (κ3) is 27.3. The monoisotopic (exact) mass is 972 g/mol. The van der Waals surface area contributed by atoms with Gasteiger partial charge in [-0.1, -0.05) is 192 Å². The topological polar surface area (TPSA) is 228 Å². The zero-order valence-corrected chi connectivity index (χ0v) is 42.6. The molecule has 0 spiro atoms. The number of ether oxygens (including phenoxy) is 4. The molecule has 2 heterocycles. The summed E-state index contributed by atoms with van der Waals surface area (Å²) in [7, 11) is 0. The van der Waals surface area contributed by atoms with Gasteiger partial charge in [0.05, 0.1) is 32.0 Å². The standard InChI is InChI=1S/C54H101NO13/c1-3-5-7-9-11-13-14-15-16-17-18-19-20-21-22-23-24-25-26-27-28-30-32-34-36-38-46(59)55-42(43(58)37-35-33-31-29-12-10-8-6-4-2)41-65-53-51(64)49(62)52(45(40-57)67-53)68-54-50(63)48(61)47(60)44(39-56)66-54/h14-15,17-18,42-45,47-54,56-58,60-64H,3-13,16,19-41H2,1-2H3,(H,55,59)/b15-14-,18-17-. The minimum Gasteiger partial charge on any atom is -0.394 e. The fourth-order valence-electron chi connectivity index (χ4n) is 9.15. The number of carbonyl (C=O) groups is 1. The number of allylic oxidation sites excluding steroid dienone is 4. The van der Waals surface area contributed by atoms with Crippen LogP contribution in [0.5, 0.6) is 0 Å². The van der Waals surface area contributed by atoms with Crippen LogP contribution in [-0.4, -0.2) is 140 Å². The average Bonchev–Trinajstić information content (AvgIpc) is 3.34. The first kappa shape index (κ1) is 62.6. The van der Waals surface area contributed by atoms with Crippen LogP contribution in [0.15, 0.2) is 24.3 Å². The maximum atomic E-state index is 13.2. The van der Waals surface area contributed by atoms with Crippen LogP contribution in [0.25, 0.3) is 0 Å². The Morgan fingerprint density at radius 2 is 0.971 bits per heavy atom. The molecule has 400 valence electrons. The summed E-state index contributed by atoms with van der Waals surface area (Å²) < 4.78 is 22.7. The molecule has 2 saturated heterocycles. The number of aliphatic hydroxyl groups is 8. The molecule has 0 aromatic heterocycles. The third-order valence-electron chi connectivity index (χ3n) is 13.7. The van der Waals surface area contributed by atoms with Gasteiger partial charge < -0.3 is 65.1 Å². The first-order valence-corrected chi connectivity index (χ1v) is 27.6. The lowest BCUT2D eigenvalue weighted by molar-refractivity contribution is -0.359. The van der Waals surface area contributed by atoms with Gasteiger partial charge in [-0.2, -0.15) is 0 Å². The van der Waals surface area contributed by atoms with E-state index in [0.717, 1.165) is 57.8 Å². The molecule has 14 heteroatoms. The number of aliphatic hydroxyl groups excluding tert-OH is 8. The summed E-state index contributed by atoms with van der Waals surface area (Å²) in [5.74, 6) is -0.209. The van der Waals surface area contributed by atoms with E-state index < -0.39 is 86.8 Å². The fourth-order valence-corrected chi connectivity index (χ4v) is 9.15. The smallest absolute Gasteiger partial charge is 0.220 e. The van der Waals surface area contributed by atoms with Crippen molar-refractivity contribution in [3.8, 4) is 0 Å². The molecule has 0 radical (unpaired) electrons. The van der Waals surface area contributed by atoms with Crippen molar-refractivity contribution in [2.24, 2.45) is 0 Å². The third-order valence-corrected chi connectivity index (χ3v) is 13.7. The first-order valence-electron chi connectivity index (χ1n) is 27.6. The Bertz CT molecular complexity index is 1240.